The fourth-order valence-corrected chi connectivity index (χ4v) is 3.98. The van der Waals surface area contributed by atoms with Gasteiger partial charge < -0.3 is 5.73 Å². The number of nitrogens with two attached hydrogens (primary N) is 1. The van der Waals surface area contributed by atoms with Gasteiger partial charge in [0, 0.05) is 6.04 Å². The van der Waals surface area contributed by atoms with Gasteiger partial charge in [0.15, 0.2) is 11.0 Å². The highest BCUT2D eigenvalue weighted by Crippen LogP contribution is 2.36. The Morgan fingerprint density at radius 1 is 1.23 bits per heavy atom. The Hall–Kier alpha value is -2.42. The van der Waals surface area contributed by atoms with E-state index in [-0.39, 0.29) is 17.6 Å². The van der Waals surface area contributed by atoms with Crippen molar-refractivity contribution in [2.24, 2.45) is 5.73 Å². The third-order valence-electron chi connectivity index (χ3n) is 4.31. The van der Waals surface area contributed by atoms with Crippen LogP contribution in [0.2, 0.25) is 0 Å². The minimum atomic E-state index is -0.892. The van der Waals surface area contributed by atoms with Crippen molar-refractivity contribution in [2.45, 2.75) is 43.3 Å². The van der Waals surface area contributed by atoms with Crippen LogP contribution in [0.3, 0.4) is 0 Å². The van der Waals surface area contributed by atoms with Gasteiger partial charge in [-0.15, -0.1) is 10.2 Å². The van der Waals surface area contributed by atoms with Crippen LogP contribution >= 0.6 is 11.8 Å². The number of amides is 3. The maximum atomic E-state index is 14.3. The summed E-state index contributed by atoms with van der Waals surface area (Å²) in [6.45, 7) is 0. The number of hydrogen-bond acceptors (Lipinski definition) is 5. The normalized spacial score (nSPS) is 15.0. The molecule has 3 N–H and O–H groups in total. The van der Waals surface area contributed by atoms with E-state index in [0.29, 0.717) is 16.5 Å². The summed E-state index contributed by atoms with van der Waals surface area (Å²) in [6, 6.07) is 5.72. The van der Waals surface area contributed by atoms with E-state index in [1.165, 1.54) is 12.5 Å². The van der Waals surface area contributed by atoms with Gasteiger partial charge in [-0.2, -0.15) is 0 Å². The average Bonchev–Trinajstić information content (AvgIpc) is 3.04. The summed E-state index contributed by atoms with van der Waals surface area (Å²) >= 11 is 1.16. The lowest BCUT2D eigenvalue weighted by Gasteiger charge is -2.25. The van der Waals surface area contributed by atoms with E-state index in [1.807, 2.05) is 9.88 Å². The zero-order valence-electron chi connectivity index (χ0n) is 14.2. The van der Waals surface area contributed by atoms with Crippen LogP contribution in [0.5, 0.6) is 0 Å². The Balaban J connectivity index is 1.90. The number of nitrogens with zero attached hydrogens (tertiary/aromatic N) is 3. The third kappa shape index (κ3) is 4.21. The summed E-state index contributed by atoms with van der Waals surface area (Å²) in [6.07, 6.45) is 5.27. The molecule has 0 unspecified atom stereocenters. The largest absolute Gasteiger partial charge is 0.351 e. The first-order valence-corrected chi connectivity index (χ1v) is 9.46. The van der Waals surface area contributed by atoms with E-state index < -0.39 is 11.9 Å². The molecule has 138 valence electrons. The molecule has 1 saturated carbocycles. The molecule has 0 bridgehead atoms. The van der Waals surface area contributed by atoms with Gasteiger partial charge in [0.1, 0.15) is 5.82 Å². The molecule has 7 nitrogen and oxygen atoms in total. The fourth-order valence-electron chi connectivity index (χ4n) is 3.17. The number of primary amides is 1. The van der Waals surface area contributed by atoms with Gasteiger partial charge in [-0.25, -0.2) is 9.18 Å². The number of hydrogen-bond donors (Lipinski definition) is 2. The Morgan fingerprint density at radius 3 is 2.65 bits per heavy atom. The second kappa shape index (κ2) is 8.31. The molecule has 9 heteroatoms. The predicted octanol–water partition coefficient (Wildman–Crippen LogP) is 2.88. The molecular formula is C17H20FN5O2S. The quantitative estimate of drug-likeness (QED) is 0.780. The maximum absolute atomic E-state index is 14.3. The lowest BCUT2D eigenvalue weighted by molar-refractivity contribution is -0.117. The molecule has 3 rings (SSSR count). The lowest BCUT2D eigenvalue weighted by Crippen LogP contribution is -2.36. The highest BCUT2D eigenvalue weighted by atomic mass is 32.2. The van der Waals surface area contributed by atoms with E-state index in [9.17, 15) is 14.0 Å². The van der Waals surface area contributed by atoms with E-state index >= 15 is 0 Å². The van der Waals surface area contributed by atoms with Gasteiger partial charge in [0.2, 0.25) is 5.91 Å². The molecule has 0 aliphatic heterocycles. The fraction of sp³-hybridized carbons (Fsp3) is 0.412. The van der Waals surface area contributed by atoms with E-state index in [1.54, 1.807) is 18.2 Å². The minimum Gasteiger partial charge on any atom is -0.351 e. The Kier molecular flexibility index (Phi) is 5.87. The molecular weight excluding hydrogens is 357 g/mol. The van der Waals surface area contributed by atoms with Crippen molar-refractivity contribution >= 4 is 23.7 Å². The van der Waals surface area contributed by atoms with Crippen LogP contribution in [-0.4, -0.2) is 32.5 Å². The highest BCUT2D eigenvalue weighted by Gasteiger charge is 2.25. The van der Waals surface area contributed by atoms with Gasteiger partial charge >= 0.3 is 6.03 Å². The highest BCUT2D eigenvalue weighted by molar-refractivity contribution is 7.99. The topological polar surface area (TPSA) is 103 Å². The summed E-state index contributed by atoms with van der Waals surface area (Å²) in [4.78, 5) is 22.5. The standard InChI is InChI=1S/C17H20FN5O2S/c18-13-9-5-4-8-12(13)15-21-22-17(26-10-14(24)20-16(19)25)23(15)11-6-2-1-3-7-11/h4-5,8-9,11H,1-3,6-7,10H2,(H3,19,20,24,25). The number of carbonyl (C=O) groups excluding carboxylic acids is 2. The summed E-state index contributed by atoms with van der Waals surface area (Å²) in [5, 5.41) is 10.9. The van der Waals surface area contributed by atoms with Crippen LogP contribution in [0.15, 0.2) is 29.4 Å². The van der Waals surface area contributed by atoms with Crippen LogP contribution in [0.25, 0.3) is 11.4 Å². The van der Waals surface area contributed by atoms with Crippen LogP contribution in [0, 0.1) is 5.82 Å². The molecule has 1 fully saturated rings. The van der Waals surface area contributed by atoms with Crippen LogP contribution in [0.1, 0.15) is 38.1 Å². The van der Waals surface area contributed by atoms with Gasteiger partial charge in [-0.3, -0.25) is 14.7 Å². The molecule has 1 aliphatic carbocycles. The number of aromatic nitrogens is 3. The summed E-state index contributed by atoms with van der Waals surface area (Å²) in [7, 11) is 0. The van der Waals surface area contributed by atoms with Crippen LogP contribution in [0.4, 0.5) is 9.18 Å². The number of nitrogens with one attached hydrogen (secondary N) is 1. The first-order chi connectivity index (χ1) is 12.6. The molecule has 1 aromatic carbocycles. The molecule has 0 radical (unpaired) electrons. The first kappa shape index (κ1) is 18.4. The van der Waals surface area contributed by atoms with Gasteiger partial charge in [-0.1, -0.05) is 43.2 Å². The summed E-state index contributed by atoms with van der Waals surface area (Å²) < 4.78 is 16.2. The number of carbonyl (C=O) groups is 2. The van der Waals surface area contributed by atoms with Crippen molar-refractivity contribution in [3.05, 3.63) is 30.1 Å². The van der Waals surface area contributed by atoms with Crippen molar-refractivity contribution in [1.82, 2.24) is 20.1 Å². The van der Waals surface area contributed by atoms with Crippen molar-refractivity contribution in [2.75, 3.05) is 5.75 Å². The molecule has 1 aromatic heterocycles. The summed E-state index contributed by atoms with van der Waals surface area (Å²) in [5.41, 5.74) is 5.34. The number of imide groups is 1. The van der Waals surface area contributed by atoms with Crippen LogP contribution < -0.4 is 11.1 Å². The lowest BCUT2D eigenvalue weighted by atomic mass is 9.95. The zero-order chi connectivity index (χ0) is 18.5. The number of halogens is 1. The molecule has 1 aliphatic rings. The predicted molar refractivity (Wildman–Crippen MR) is 96.0 cm³/mol. The smallest absolute Gasteiger partial charge is 0.318 e. The second-order valence-electron chi connectivity index (χ2n) is 6.15. The number of benzene rings is 1. The minimum absolute atomic E-state index is 0.0228. The zero-order valence-corrected chi connectivity index (χ0v) is 15.0. The van der Waals surface area contributed by atoms with E-state index in [2.05, 4.69) is 10.2 Å². The molecule has 1 heterocycles. The van der Waals surface area contributed by atoms with Gasteiger partial charge in [0.05, 0.1) is 11.3 Å². The molecule has 2 aromatic rings. The molecule has 26 heavy (non-hydrogen) atoms. The average molecular weight is 377 g/mol. The Bertz CT molecular complexity index is 804. The van der Waals surface area contributed by atoms with Gasteiger partial charge in [0.25, 0.3) is 0 Å². The van der Waals surface area contributed by atoms with E-state index in [4.69, 9.17) is 5.73 Å². The Labute approximate surface area is 154 Å². The van der Waals surface area contributed by atoms with Crippen molar-refractivity contribution < 1.29 is 14.0 Å². The molecule has 0 atom stereocenters. The third-order valence-corrected chi connectivity index (χ3v) is 5.26. The monoisotopic (exact) mass is 377 g/mol. The van der Waals surface area contributed by atoms with Crippen molar-refractivity contribution in [1.29, 1.82) is 0 Å². The van der Waals surface area contributed by atoms with Crippen LogP contribution in [-0.2, 0) is 4.79 Å². The molecule has 0 saturated heterocycles. The van der Waals surface area contributed by atoms with Crippen molar-refractivity contribution in [3.8, 4) is 11.4 Å². The number of thioether (sulfide) groups is 1. The number of rotatable bonds is 5. The van der Waals surface area contributed by atoms with Crippen molar-refractivity contribution in [3.63, 3.8) is 0 Å². The van der Waals surface area contributed by atoms with Gasteiger partial charge in [-0.05, 0) is 25.0 Å². The van der Waals surface area contributed by atoms with E-state index in [0.717, 1.165) is 37.4 Å². The maximum Gasteiger partial charge on any atom is 0.318 e. The number of urea groups is 1. The first-order valence-electron chi connectivity index (χ1n) is 8.48. The molecule has 3 amide bonds. The SMILES string of the molecule is NC(=O)NC(=O)CSc1nnc(-c2ccccc2F)n1C1CCCCC1. The molecule has 0 spiro atoms. The Morgan fingerprint density at radius 2 is 1.96 bits per heavy atom. The summed E-state index contributed by atoms with van der Waals surface area (Å²) in [5.74, 6) is -0.425. The second-order valence-corrected chi connectivity index (χ2v) is 7.09.